The molecule has 0 atom stereocenters. The molecule has 0 aromatic heterocycles. The van der Waals surface area contributed by atoms with Crippen molar-refractivity contribution in [2.75, 3.05) is 0 Å². The molecule has 0 aliphatic heterocycles. The van der Waals surface area contributed by atoms with Crippen molar-refractivity contribution < 1.29 is 14.7 Å². The first-order valence-electron chi connectivity index (χ1n) is 4.56. The van der Waals surface area contributed by atoms with Gasteiger partial charge in [-0.1, -0.05) is 12.1 Å². The van der Waals surface area contributed by atoms with Gasteiger partial charge < -0.3 is 20.9 Å². The highest BCUT2D eigenvalue weighted by Crippen LogP contribution is 2.17. The van der Waals surface area contributed by atoms with E-state index in [4.69, 9.17) is 14.7 Å². The van der Waals surface area contributed by atoms with Gasteiger partial charge in [0.05, 0.1) is 6.61 Å². The summed E-state index contributed by atoms with van der Waals surface area (Å²) < 4.78 is 4.71. The summed E-state index contributed by atoms with van der Waals surface area (Å²) in [4.78, 5) is 0. The third-order valence-electron chi connectivity index (χ3n) is 2.56. The minimum absolute atomic E-state index is 0. The van der Waals surface area contributed by atoms with Gasteiger partial charge in [-0.3, -0.25) is 0 Å². The van der Waals surface area contributed by atoms with Crippen molar-refractivity contribution in [3.8, 4) is 0 Å². The average Bonchev–Trinajstić information content (AvgIpc) is 2.13. The van der Waals surface area contributed by atoms with Crippen molar-refractivity contribution in [2.45, 2.75) is 27.4 Å². The molecule has 0 saturated carbocycles. The summed E-state index contributed by atoms with van der Waals surface area (Å²) in [6, 6.07) is 3.95. The molecule has 0 unspecified atom stereocenters. The zero-order valence-corrected chi connectivity index (χ0v) is 9.45. The summed E-state index contributed by atoms with van der Waals surface area (Å²) in [5.74, 6) is 0. The summed E-state index contributed by atoms with van der Waals surface area (Å²) in [6.07, 6.45) is 0. The van der Waals surface area contributed by atoms with E-state index >= 15 is 0 Å². The van der Waals surface area contributed by atoms with Crippen LogP contribution in [-0.4, -0.2) is 17.4 Å². The molecule has 84 valence electrons. The van der Waals surface area contributed by atoms with E-state index in [0.29, 0.717) is 0 Å². The van der Waals surface area contributed by atoms with Gasteiger partial charge in [-0.05, 0) is 43.0 Å². The van der Waals surface area contributed by atoms with E-state index in [1.54, 1.807) is 0 Å². The normalized spacial score (nSPS) is 9.67. The molecule has 1 rings (SSSR count). The van der Waals surface area contributed by atoms with Crippen LogP contribution < -0.4 is 6.15 Å². The maximum absolute atomic E-state index is 8.56. The zero-order valence-electron chi connectivity index (χ0n) is 9.45. The molecule has 0 heterocycles. The standard InChI is InChI=1S/C10H15BO3.H3N/c1-7-4-5-10(6-14-11(12)13)9(3)8(7)2;/h4-5,12-13H,6H2,1-3H3;1H3. The Labute approximate surface area is 90.7 Å². The van der Waals surface area contributed by atoms with Crippen molar-refractivity contribution in [2.24, 2.45) is 0 Å². The minimum atomic E-state index is -1.70. The highest BCUT2D eigenvalue weighted by molar-refractivity contribution is 6.32. The van der Waals surface area contributed by atoms with Crippen LogP contribution in [0.2, 0.25) is 0 Å². The number of rotatable bonds is 3. The molecule has 5 heteroatoms. The summed E-state index contributed by atoms with van der Waals surface area (Å²) >= 11 is 0. The number of aryl methyl sites for hydroxylation is 1. The fourth-order valence-electron chi connectivity index (χ4n) is 1.33. The molecule has 5 N–H and O–H groups in total. The maximum Gasteiger partial charge on any atom is 0.634 e. The lowest BCUT2D eigenvalue weighted by Crippen LogP contribution is -2.16. The second-order valence-electron chi connectivity index (χ2n) is 3.43. The Kier molecular flexibility index (Phi) is 5.53. The summed E-state index contributed by atoms with van der Waals surface area (Å²) in [5, 5.41) is 17.1. The van der Waals surface area contributed by atoms with Crippen molar-refractivity contribution in [1.29, 1.82) is 0 Å². The van der Waals surface area contributed by atoms with E-state index in [1.807, 2.05) is 32.9 Å². The van der Waals surface area contributed by atoms with Crippen LogP contribution in [0.1, 0.15) is 22.3 Å². The van der Waals surface area contributed by atoms with Crippen LogP contribution in [0.3, 0.4) is 0 Å². The molecule has 0 amide bonds. The van der Waals surface area contributed by atoms with Crippen LogP contribution in [0, 0.1) is 20.8 Å². The number of hydrogen-bond acceptors (Lipinski definition) is 4. The van der Waals surface area contributed by atoms with Gasteiger partial charge in [-0.2, -0.15) is 0 Å². The third-order valence-corrected chi connectivity index (χ3v) is 2.56. The van der Waals surface area contributed by atoms with E-state index in [-0.39, 0.29) is 12.8 Å². The smallest absolute Gasteiger partial charge is 0.402 e. The van der Waals surface area contributed by atoms with Gasteiger partial charge in [0.15, 0.2) is 0 Å². The highest BCUT2D eigenvalue weighted by atomic mass is 16.6. The highest BCUT2D eigenvalue weighted by Gasteiger charge is 2.10. The fraction of sp³-hybridized carbons (Fsp3) is 0.400. The van der Waals surface area contributed by atoms with Gasteiger partial charge in [0.2, 0.25) is 0 Å². The SMILES string of the molecule is Cc1ccc(COB(O)O)c(C)c1C.N. The Balaban J connectivity index is 0.00000196. The minimum Gasteiger partial charge on any atom is -0.402 e. The van der Waals surface area contributed by atoms with Crippen LogP contribution in [0.5, 0.6) is 0 Å². The first kappa shape index (κ1) is 14.1. The lowest BCUT2D eigenvalue weighted by molar-refractivity contribution is 0.176. The Bertz CT molecular complexity index is 329. The Hall–Kier alpha value is -0.875. The van der Waals surface area contributed by atoms with Gasteiger partial charge in [-0.25, -0.2) is 0 Å². The van der Waals surface area contributed by atoms with Crippen molar-refractivity contribution in [3.05, 3.63) is 34.4 Å². The molecule has 0 aliphatic rings. The quantitative estimate of drug-likeness (QED) is 0.657. The Morgan fingerprint density at radius 1 is 1.13 bits per heavy atom. The lowest BCUT2D eigenvalue weighted by Gasteiger charge is -2.11. The van der Waals surface area contributed by atoms with Gasteiger partial charge in [0, 0.05) is 0 Å². The second kappa shape index (κ2) is 5.87. The first-order valence-corrected chi connectivity index (χ1v) is 4.56. The molecule has 1 aromatic rings. The fourth-order valence-corrected chi connectivity index (χ4v) is 1.33. The molecule has 0 radical (unpaired) electrons. The van der Waals surface area contributed by atoms with Gasteiger partial charge in [-0.15, -0.1) is 0 Å². The summed E-state index contributed by atoms with van der Waals surface area (Å²) in [5.41, 5.74) is 4.58. The van der Waals surface area contributed by atoms with Crippen LogP contribution >= 0.6 is 0 Å². The van der Waals surface area contributed by atoms with Crippen molar-refractivity contribution in [1.82, 2.24) is 6.15 Å². The van der Waals surface area contributed by atoms with Gasteiger partial charge in [0.1, 0.15) is 0 Å². The molecule has 0 saturated heterocycles. The number of benzene rings is 1. The van der Waals surface area contributed by atoms with Gasteiger partial charge >= 0.3 is 7.32 Å². The van der Waals surface area contributed by atoms with E-state index in [2.05, 4.69) is 0 Å². The molecule has 4 nitrogen and oxygen atoms in total. The van der Waals surface area contributed by atoms with Crippen molar-refractivity contribution in [3.63, 3.8) is 0 Å². The average molecular weight is 211 g/mol. The second-order valence-corrected chi connectivity index (χ2v) is 3.43. The third kappa shape index (κ3) is 3.64. The lowest BCUT2D eigenvalue weighted by atomic mass is 9.99. The molecular weight excluding hydrogens is 193 g/mol. The molecule has 15 heavy (non-hydrogen) atoms. The Morgan fingerprint density at radius 2 is 1.73 bits per heavy atom. The zero-order chi connectivity index (χ0) is 10.7. The predicted octanol–water partition coefficient (Wildman–Crippen LogP) is 1.26. The van der Waals surface area contributed by atoms with Crippen LogP contribution in [0.15, 0.2) is 12.1 Å². The molecule has 0 fully saturated rings. The van der Waals surface area contributed by atoms with E-state index < -0.39 is 7.32 Å². The molecular formula is C10H18BNO3. The molecule has 1 aromatic carbocycles. The van der Waals surface area contributed by atoms with Gasteiger partial charge in [0.25, 0.3) is 0 Å². The predicted molar refractivity (Wildman–Crippen MR) is 60.7 cm³/mol. The first-order chi connectivity index (χ1) is 6.52. The Morgan fingerprint density at radius 3 is 2.27 bits per heavy atom. The molecule has 0 spiro atoms. The topological polar surface area (TPSA) is 84.7 Å². The summed E-state index contributed by atoms with van der Waals surface area (Å²) in [6.45, 7) is 6.33. The van der Waals surface area contributed by atoms with Crippen LogP contribution in [0.25, 0.3) is 0 Å². The number of hydrogen-bond donors (Lipinski definition) is 3. The van der Waals surface area contributed by atoms with E-state index in [9.17, 15) is 0 Å². The maximum atomic E-state index is 8.56. The van der Waals surface area contributed by atoms with Crippen LogP contribution in [0.4, 0.5) is 0 Å². The molecule has 0 aliphatic carbocycles. The molecule has 0 bridgehead atoms. The monoisotopic (exact) mass is 211 g/mol. The van der Waals surface area contributed by atoms with Crippen molar-refractivity contribution >= 4 is 7.32 Å². The summed E-state index contributed by atoms with van der Waals surface area (Å²) in [7, 11) is -1.70. The van der Waals surface area contributed by atoms with Crippen LogP contribution in [-0.2, 0) is 11.3 Å². The van der Waals surface area contributed by atoms with E-state index in [1.165, 1.54) is 11.1 Å². The largest absolute Gasteiger partial charge is 0.634 e. The van der Waals surface area contributed by atoms with E-state index in [0.717, 1.165) is 11.1 Å².